The predicted octanol–water partition coefficient (Wildman–Crippen LogP) is 2.42. The zero-order valence-electron chi connectivity index (χ0n) is 14.7. The molecule has 0 saturated carbocycles. The van der Waals surface area contributed by atoms with Gasteiger partial charge < -0.3 is 14.7 Å². The van der Waals surface area contributed by atoms with Crippen molar-refractivity contribution in [3.05, 3.63) is 45.2 Å². The van der Waals surface area contributed by atoms with Crippen LogP contribution in [0.3, 0.4) is 0 Å². The molecule has 25 heavy (non-hydrogen) atoms. The van der Waals surface area contributed by atoms with E-state index in [9.17, 15) is 4.79 Å². The van der Waals surface area contributed by atoms with Gasteiger partial charge in [-0.25, -0.2) is 4.98 Å². The van der Waals surface area contributed by atoms with Crippen molar-refractivity contribution < 1.29 is 4.79 Å². The van der Waals surface area contributed by atoms with Gasteiger partial charge in [-0.2, -0.15) is 4.98 Å². The van der Waals surface area contributed by atoms with Crippen LogP contribution in [0.25, 0.3) is 0 Å². The van der Waals surface area contributed by atoms with Gasteiger partial charge in [-0.3, -0.25) is 4.79 Å². The second-order valence-corrected chi connectivity index (χ2v) is 7.59. The average Bonchev–Trinajstić information content (AvgIpc) is 2.61. The molecule has 7 heteroatoms. The van der Waals surface area contributed by atoms with Crippen molar-refractivity contribution in [2.45, 2.75) is 6.92 Å². The first kappa shape index (κ1) is 17.9. The molecule has 0 spiro atoms. The first-order valence-corrected chi connectivity index (χ1v) is 9.35. The summed E-state index contributed by atoms with van der Waals surface area (Å²) >= 11 is 2.24. The highest BCUT2D eigenvalue weighted by molar-refractivity contribution is 14.1. The fourth-order valence-corrected chi connectivity index (χ4v) is 3.15. The van der Waals surface area contributed by atoms with Gasteiger partial charge in [0.1, 0.15) is 5.82 Å². The smallest absolute Gasteiger partial charge is 0.253 e. The van der Waals surface area contributed by atoms with Crippen LogP contribution in [0.1, 0.15) is 16.1 Å². The molecule has 2 aromatic rings. The molecule has 6 nitrogen and oxygen atoms in total. The number of rotatable bonds is 3. The molecule has 2 heterocycles. The van der Waals surface area contributed by atoms with Crippen molar-refractivity contribution in [1.82, 2.24) is 14.9 Å². The predicted molar refractivity (Wildman–Crippen MR) is 108 cm³/mol. The lowest BCUT2D eigenvalue weighted by molar-refractivity contribution is 0.0746. The van der Waals surface area contributed by atoms with E-state index < -0.39 is 0 Å². The highest BCUT2D eigenvalue weighted by Gasteiger charge is 2.24. The molecule has 132 valence electrons. The Morgan fingerprint density at radius 3 is 2.32 bits per heavy atom. The van der Waals surface area contributed by atoms with E-state index in [1.54, 1.807) is 0 Å². The number of amides is 1. The van der Waals surface area contributed by atoms with Crippen LogP contribution >= 0.6 is 22.6 Å². The molecule has 1 fully saturated rings. The topological polar surface area (TPSA) is 52.6 Å². The summed E-state index contributed by atoms with van der Waals surface area (Å²) in [6.45, 7) is 4.83. The van der Waals surface area contributed by atoms with E-state index in [4.69, 9.17) is 0 Å². The Labute approximate surface area is 162 Å². The van der Waals surface area contributed by atoms with E-state index in [0.29, 0.717) is 13.1 Å². The Morgan fingerprint density at radius 2 is 1.72 bits per heavy atom. The number of aromatic nitrogens is 2. The lowest BCUT2D eigenvalue weighted by Gasteiger charge is -2.35. The second kappa shape index (κ2) is 7.55. The van der Waals surface area contributed by atoms with Gasteiger partial charge in [0.05, 0.1) is 0 Å². The normalized spacial score (nSPS) is 14.6. The summed E-state index contributed by atoms with van der Waals surface area (Å²) in [6, 6.07) is 9.69. The van der Waals surface area contributed by atoms with Crippen LogP contribution < -0.4 is 9.80 Å². The molecule has 3 rings (SSSR count). The maximum atomic E-state index is 12.6. The molecular weight excluding hydrogens is 429 g/mol. The van der Waals surface area contributed by atoms with Crippen molar-refractivity contribution in [3.8, 4) is 0 Å². The van der Waals surface area contributed by atoms with Gasteiger partial charge in [0.25, 0.3) is 5.91 Å². The quantitative estimate of drug-likeness (QED) is 0.672. The standard InChI is InChI=1S/C18H22IN5O/c1-13-12-16(22(2)3)21-18(20-13)24-10-8-23(9-11-24)17(25)14-4-6-15(19)7-5-14/h4-7,12H,8-11H2,1-3H3. The lowest BCUT2D eigenvalue weighted by atomic mass is 10.2. The number of hydrogen-bond donors (Lipinski definition) is 0. The van der Waals surface area contributed by atoms with Crippen LogP contribution in [-0.4, -0.2) is 61.0 Å². The number of carbonyl (C=O) groups is 1. The average molecular weight is 451 g/mol. The molecule has 1 aliphatic rings. The van der Waals surface area contributed by atoms with E-state index in [1.807, 2.05) is 61.2 Å². The second-order valence-electron chi connectivity index (χ2n) is 6.35. The van der Waals surface area contributed by atoms with E-state index in [0.717, 1.165) is 39.7 Å². The number of halogens is 1. The molecule has 1 amide bonds. The van der Waals surface area contributed by atoms with Gasteiger partial charge in [0.15, 0.2) is 0 Å². The highest BCUT2D eigenvalue weighted by atomic mass is 127. The number of piperazine rings is 1. The van der Waals surface area contributed by atoms with E-state index >= 15 is 0 Å². The molecule has 1 aliphatic heterocycles. The highest BCUT2D eigenvalue weighted by Crippen LogP contribution is 2.18. The zero-order valence-corrected chi connectivity index (χ0v) is 16.9. The number of nitrogens with zero attached hydrogens (tertiary/aromatic N) is 5. The summed E-state index contributed by atoms with van der Waals surface area (Å²) in [5, 5.41) is 0. The van der Waals surface area contributed by atoms with Gasteiger partial charge in [-0.1, -0.05) is 0 Å². The molecule has 0 bridgehead atoms. The summed E-state index contributed by atoms with van der Waals surface area (Å²) < 4.78 is 1.13. The van der Waals surface area contributed by atoms with Gasteiger partial charge in [-0.05, 0) is 53.8 Å². The van der Waals surface area contributed by atoms with Crippen LogP contribution in [-0.2, 0) is 0 Å². The monoisotopic (exact) mass is 451 g/mol. The van der Waals surface area contributed by atoms with E-state index in [1.165, 1.54) is 0 Å². The molecular formula is C18H22IN5O. The van der Waals surface area contributed by atoms with Crippen molar-refractivity contribution in [3.63, 3.8) is 0 Å². The number of carbonyl (C=O) groups excluding carboxylic acids is 1. The Morgan fingerprint density at radius 1 is 1.08 bits per heavy atom. The molecule has 0 N–H and O–H groups in total. The third-order valence-corrected chi connectivity index (χ3v) is 4.95. The van der Waals surface area contributed by atoms with Crippen molar-refractivity contribution in [2.24, 2.45) is 0 Å². The number of aryl methyl sites for hydroxylation is 1. The van der Waals surface area contributed by atoms with Gasteiger partial charge in [-0.15, -0.1) is 0 Å². The number of anilines is 2. The van der Waals surface area contributed by atoms with Crippen LogP contribution in [0, 0.1) is 10.5 Å². The van der Waals surface area contributed by atoms with Crippen molar-refractivity contribution in [1.29, 1.82) is 0 Å². The van der Waals surface area contributed by atoms with Gasteiger partial charge in [0.2, 0.25) is 5.95 Å². The molecule has 1 saturated heterocycles. The fraction of sp³-hybridized carbons (Fsp3) is 0.389. The maximum Gasteiger partial charge on any atom is 0.253 e. The minimum atomic E-state index is 0.0928. The van der Waals surface area contributed by atoms with Gasteiger partial charge in [0, 0.05) is 61.2 Å². The Kier molecular flexibility index (Phi) is 5.41. The van der Waals surface area contributed by atoms with Crippen LogP contribution in [0.2, 0.25) is 0 Å². The lowest BCUT2D eigenvalue weighted by Crippen LogP contribution is -2.49. The zero-order chi connectivity index (χ0) is 18.0. The molecule has 0 radical (unpaired) electrons. The summed E-state index contributed by atoms with van der Waals surface area (Å²) in [5.41, 5.74) is 1.70. The Balaban J connectivity index is 1.67. The first-order chi connectivity index (χ1) is 11.9. The third-order valence-electron chi connectivity index (χ3n) is 4.23. The first-order valence-electron chi connectivity index (χ1n) is 8.27. The largest absolute Gasteiger partial charge is 0.363 e. The summed E-state index contributed by atoms with van der Waals surface area (Å²) in [6.07, 6.45) is 0. The Hall–Kier alpha value is -1.90. The minimum absolute atomic E-state index is 0.0928. The Bertz CT molecular complexity index is 755. The van der Waals surface area contributed by atoms with Crippen molar-refractivity contribution in [2.75, 3.05) is 50.1 Å². The fourth-order valence-electron chi connectivity index (χ4n) is 2.79. The summed E-state index contributed by atoms with van der Waals surface area (Å²) in [4.78, 5) is 27.8. The molecule has 1 aromatic carbocycles. The maximum absolute atomic E-state index is 12.6. The van der Waals surface area contributed by atoms with E-state index in [2.05, 4.69) is 37.5 Å². The van der Waals surface area contributed by atoms with Crippen LogP contribution in [0.4, 0.5) is 11.8 Å². The molecule has 1 aromatic heterocycles. The minimum Gasteiger partial charge on any atom is -0.363 e. The summed E-state index contributed by atoms with van der Waals surface area (Å²) in [7, 11) is 3.95. The molecule has 0 unspecified atom stereocenters. The number of hydrogen-bond acceptors (Lipinski definition) is 5. The van der Waals surface area contributed by atoms with E-state index in [-0.39, 0.29) is 5.91 Å². The van der Waals surface area contributed by atoms with Gasteiger partial charge >= 0.3 is 0 Å². The molecule has 0 aliphatic carbocycles. The van der Waals surface area contributed by atoms with Crippen molar-refractivity contribution >= 4 is 40.3 Å². The number of benzene rings is 1. The summed E-state index contributed by atoms with van der Waals surface area (Å²) in [5.74, 6) is 1.74. The van der Waals surface area contributed by atoms with Crippen LogP contribution in [0.5, 0.6) is 0 Å². The SMILES string of the molecule is Cc1cc(N(C)C)nc(N2CCN(C(=O)c3ccc(I)cc3)CC2)n1. The molecule has 0 atom stereocenters. The van der Waals surface area contributed by atoms with Crippen LogP contribution in [0.15, 0.2) is 30.3 Å². The third kappa shape index (κ3) is 4.20.